The Morgan fingerprint density at radius 1 is 1.24 bits per heavy atom. The quantitative estimate of drug-likeness (QED) is 0.416. The van der Waals surface area contributed by atoms with Crippen molar-refractivity contribution >= 4 is 39.5 Å². The molecule has 0 aliphatic rings. The second-order valence-corrected chi connectivity index (χ2v) is 7.99. The van der Waals surface area contributed by atoms with Gasteiger partial charge in [0.15, 0.2) is 10.1 Å². The molecule has 0 spiro atoms. The number of hydrogen-bond acceptors (Lipinski definition) is 5. The minimum Gasteiger partial charge on any atom is -0.269 e. The van der Waals surface area contributed by atoms with Gasteiger partial charge in [-0.25, -0.2) is 9.97 Å². The predicted molar refractivity (Wildman–Crippen MR) is 104 cm³/mol. The Morgan fingerprint density at radius 3 is 2.69 bits per heavy atom. The minimum atomic E-state index is -4.64. The summed E-state index contributed by atoms with van der Waals surface area (Å²) >= 11 is 13.0. The molecular weight excluding hydrogens is 450 g/mol. The summed E-state index contributed by atoms with van der Waals surface area (Å²) in [4.78, 5) is 22.2. The normalized spacial score (nSPS) is 12.1. The van der Waals surface area contributed by atoms with Crippen molar-refractivity contribution in [3.8, 4) is 11.3 Å². The lowest BCUT2D eigenvalue weighted by Gasteiger charge is -2.10. The summed E-state index contributed by atoms with van der Waals surface area (Å²) in [5.74, 6) is 0. The van der Waals surface area contributed by atoms with Gasteiger partial charge in [-0.1, -0.05) is 23.2 Å². The summed E-state index contributed by atoms with van der Waals surface area (Å²) in [7, 11) is 0. The van der Waals surface area contributed by atoms with E-state index in [1.54, 1.807) is 19.1 Å². The minimum absolute atomic E-state index is 0.130. The summed E-state index contributed by atoms with van der Waals surface area (Å²) < 4.78 is 41.5. The first-order valence-corrected chi connectivity index (χ1v) is 9.66. The van der Waals surface area contributed by atoms with Crippen LogP contribution in [-0.4, -0.2) is 24.1 Å². The zero-order chi connectivity index (χ0) is 20.9. The van der Waals surface area contributed by atoms with E-state index in [0.29, 0.717) is 20.9 Å². The molecule has 4 aromatic rings. The number of aromatic nitrogens is 5. The molecule has 4 aromatic heterocycles. The molecule has 0 amide bonds. The summed E-state index contributed by atoms with van der Waals surface area (Å²) in [6, 6.07) is 5.32. The van der Waals surface area contributed by atoms with Crippen LogP contribution in [0, 0.1) is 6.92 Å². The molecule has 29 heavy (non-hydrogen) atoms. The van der Waals surface area contributed by atoms with Crippen LogP contribution in [0.25, 0.3) is 16.2 Å². The third kappa shape index (κ3) is 3.63. The fourth-order valence-corrected chi connectivity index (χ4v) is 4.38. The highest BCUT2D eigenvalue weighted by molar-refractivity contribution is 7.17. The number of fused-ring (bicyclic) bond motifs is 1. The molecule has 0 saturated heterocycles. The first-order valence-electron chi connectivity index (χ1n) is 8.08. The molecule has 0 aliphatic heterocycles. The highest BCUT2D eigenvalue weighted by atomic mass is 35.5. The van der Waals surface area contributed by atoms with E-state index in [4.69, 9.17) is 23.2 Å². The second-order valence-electron chi connectivity index (χ2n) is 6.06. The van der Waals surface area contributed by atoms with Crippen molar-refractivity contribution in [1.82, 2.24) is 24.1 Å². The third-order valence-electron chi connectivity index (χ3n) is 4.11. The molecule has 4 heterocycles. The maximum absolute atomic E-state index is 13.2. The second kappa shape index (κ2) is 7.12. The number of alkyl halides is 3. The third-order valence-corrected chi connectivity index (χ3v) is 5.55. The molecule has 6 nitrogen and oxygen atoms in total. The van der Waals surface area contributed by atoms with Crippen molar-refractivity contribution in [3.05, 3.63) is 67.4 Å². The van der Waals surface area contributed by atoms with E-state index in [0.717, 1.165) is 10.9 Å². The van der Waals surface area contributed by atoms with Gasteiger partial charge in [-0.05, 0) is 19.1 Å². The largest absolute Gasteiger partial charge is 0.433 e. The summed E-state index contributed by atoms with van der Waals surface area (Å²) in [5.41, 5.74) is -0.228. The Hall–Kier alpha value is -2.43. The highest BCUT2D eigenvalue weighted by Gasteiger charge is 2.36. The number of halogens is 5. The number of nitrogens with zero attached hydrogens (tertiary/aromatic N) is 5. The maximum Gasteiger partial charge on any atom is 0.433 e. The molecule has 12 heteroatoms. The van der Waals surface area contributed by atoms with Gasteiger partial charge in [0.05, 0.1) is 17.9 Å². The summed E-state index contributed by atoms with van der Waals surface area (Å²) in [6.45, 7) is 1.44. The maximum atomic E-state index is 13.2. The van der Waals surface area contributed by atoms with Crippen molar-refractivity contribution in [2.24, 2.45) is 0 Å². The Balaban J connectivity index is 1.83. The lowest BCUT2D eigenvalue weighted by Crippen LogP contribution is -2.19. The average molecular weight is 460 g/mol. The number of rotatable bonds is 3. The molecule has 0 unspecified atom stereocenters. The first-order chi connectivity index (χ1) is 13.6. The van der Waals surface area contributed by atoms with Crippen LogP contribution in [0.3, 0.4) is 0 Å². The van der Waals surface area contributed by atoms with E-state index in [-0.39, 0.29) is 22.5 Å². The van der Waals surface area contributed by atoms with Gasteiger partial charge in [0.25, 0.3) is 5.56 Å². The van der Waals surface area contributed by atoms with Crippen molar-refractivity contribution in [1.29, 1.82) is 0 Å². The standard InChI is InChI=1S/C17H10Cl2F3N5OS/c1-8-14(10-3-2-4-23-15(10)19)27-13(28)5-9(24-16(27)29-8)7-26-11(17(20,21)22)6-12(18)25-26/h2-6H,7H2,1H3. The number of thiazole rings is 1. The van der Waals surface area contributed by atoms with Gasteiger partial charge in [-0.3, -0.25) is 13.9 Å². The fraction of sp³-hybridized carbons (Fsp3) is 0.176. The van der Waals surface area contributed by atoms with Crippen molar-refractivity contribution < 1.29 is 13.2 Å². The van der Waals surface area contributed by atoms with Gasteiger partial charge in [-0.15, -0.1) is 11.3 Å². The lowest BCUT2D eigenvalue weighted by molar-refractivity contribution is -0.144. The smallest absolute Gasteiger partial charge is 0.269 e. The van der Waals surface area contributed by atoms with Crippen LogP contribution >= 0.6 is 34.5 Å². The molecule has 0 fully saturated rings. The molecule has 150 valence electrons. The lowest BCUT2D eigenvalue weighted by atomic mass is 10.2. The highest BCUT2D eigenvalue weighted by Crippen LogP contribution is 2.33. The van der Waals surface area contributed by atoms with Gasteiger partial charge < -0.3 is 0 Å². The molecule has 0 aliphatic carbocycles. The van der Waals surface area contributed by atoms with Crippen molar-refractivity contribution in [2.75, 3.05) is 0 Å². The van der Waals surface area contributed by atoms with Crippen LogP contribution in [0.4, 0.5) is 13.2 Å². The Kier molecular flexibility index (Phi) is 4.88. The van der Waals surface area contributed by atoms with E-state index >= 15 is 0 Å². The van der Waals surface area contributed by atoms with Crippen molar-refractivity contribution in [3.63, 3.8) is 0 Å². The van der Waals surface area contributed by atoms with Gasteiger partial charge >= 0.3 is 6.18 Å². The van der Waals surface area contributed by atoms with Crippen LogP contribution in [0.2, 0.25) is 10.3 Å². The van der Waals surface area contributed by atoms with Crippen molar-refractivity contribution in [2.45, 2.75) is 19.6 Å². The van der Waals surface area contributed by atoms with Gasteiger partial charge in [0.1, 0.15) is 10.8 Å². The SMILES string of the molecule is Cc1sc2nc(Cn3nc(Cl)cc3C(F)(F)F)cc(=O)n2c1-c1cccnc1Cl. The fourth-order valence-electron chi connectivity index (χ4n) is 2.96. The van der Waals surface area contributed by atoms with E-state index in [2.05, 4.69) is 15.1 Å². The number of aryl methyl sites for hydroxylation is 1. The molecule has 0 saturated carbocycles. The van der Waals surface area contributed by atoms with E-state index in [9.17, 15) is 18.0 Å². The first kappa shape index (κ1) is 19.9. The predicted octanol–water partition coefficient (Wildman–Crippen LogP) is 4.70. The van der Waals surface area contributed by atoms with Gasteiger partial charge in [-0.2, -0.15) is 18.3 Å². The molecular formula is C17H10Cl2F3N5OS. The van der Waals surface area contributed by atoms with Crippen LogP contribution in [0.1, 0.15) is 16.3 Å². The topological polar surface area (TPSA) is 65.1 Å². The van der Waals surface area contributed by atoms with Gasteiger partial charge in [0.2, 0.25) is 0 Å². The number of hydrogen-bond donors (Lipinski definition) is 0. The molecule has 0 aromatic carbocycles. The summed E-state index contributed by atoms with van der Waals surface area (Å²) in [6.07, 6.45) is -3.11. The summed E-state index contributed by atoms with van der Waals surface area (Å²) in [5, 5.41) is 3.59. The van der Waals surface area contributed by atoms with E-state index in [1.165, 1.54) is 28.0 Å². The average Bonchev–Trinajstić information content (AvgIpc) is 3.15. The molecule has 4 rings (SSSR count). The monoisotopic (exact) mass is 459 g/mol. The zero-order valence-corrected chi connectivity index (χ0v) is 16.9. The Labute approximate surface area is 175 Å². The van der Waals surface area contributed by atoms with Crippen LogP contribution in [-0.2, 0) is 12.7 Å². The molecule has 0 atom stereocenters. The Bertz CT molecular complexity index is 1290. The molecule has 0 bridgehead atoms. The Morgan fingerprint density at radius 2 is 2.00 bits per heavy atom. The van der Waals surface area contributed by atoms with E-state index in [1.807, 2.05) is 0 Å². The zero-order valence-electron chi connectivity index (χ0n) is 14.5. The molecule has 0 radical (unpaired) electrons. The van der Waals surface area contributed by atoms with Crippen LogP contribution in [0.5, 0.6) is 0 Å². The van der Waals surface area contributed by atoms with E-state index < -0.39 is 17.4 Å². The molecule has 0 N–H and O–H groups in total. The van der Waals surface area contributed by atoms with Crippen LogP contribution < -0.4 is 5.56 Å². The number of pyridine rings is 1. The van der Waals surface area contributed by atoms with Crippen LogP contribution in [0.15, 0.2) is 35.3 Å². The van der Waals surface area contributed by atoms with Gasteiger partial charge in [0, 0.05) is 28.8 Å².